The van der Waals surface area contributed by atoms with E-state index in [0.717, 1.165) is 5.56 Å². The summed E-state index contributed by atoms with van der Waals surface area (Å²) in [5.41, 5.74) is 2.20. The molecule has 1 heterocycles. The molecule has 0 aliphatic carbocycles. The van der Waals surface area contributed by atoms with Crippen molar-refractivity contribution < 1.29 is 13.9 Å². The summed E-state index contributed by atoms with van der Waals surface area (Å²) in [4.78, 5) is 27.2. The van der Waals surface area contributed by atoms with Crippen LogP contribution >= 0.6 is 0 Å². The molecule has 0 aliphatic rings. The second-order valence-corrected chi connectivity index (χ2v) is 7.65. The molecular formula is C26H23FN4O3. The Morgan fingerprint density at radius 1 is 0.941 bits per heavy atom. The number of H-pyrrole nitrogens is 1. The summed E-state index contributed by atoms with van der Waals surface area (Å²) in [6.07, 6.45) is 0.212. The van der Waals surface area contributed by atoms with Crippen LogP contribution in [-0.4, -0.2) is 21.1 Å². The van der Waals surface area contributed by atoms with Gasteiger partial charge in [0.2, 0.25) is 5.91 Å². The Bertz CT molecular complexity index is 1310. The Morgan fingerprint density at radius 2 is 1.71 bits per heavy atom. The number of amides is 1. The molecule has 2 N–H and O–H groups in total. The van der Waals surface area contributed by atoms with E-state index in [9.17, 15) is 14.0 Å². The number of hydrogen-bond donors (Lipinski definition) is 2. The monoisotopic (exact) mass is 458 g/mol. The first kappa shape index (κ1) is 22.8. The minimum atomic E-state index is -0.396. The zero-order chi connectivity index (χ0) is 23.8. The molecule has 0 aliphatic heterocycles. The molecule has 1 amide bonds. The van der Waals surface area contributed by atoms with Gasteiger partial charge in [-0.2, -0.15) is 0 Å². The maximum absolute atomic E-state index is 13.2. The smallest absolute Gasteiger partial charge is 0.273 e. The number of benzene rings is 3. The predicted octanol–water partition coefficient (Wildman–Crippen LogP) is 3.80. The van der Waals surface area contributed by atoms with Crippen molar-refractivity contribution in [1.29, 1.82) is 0 Å². The van der Waals surface area contributed by atoms with Gasteiger partial charge in [0, 0.05) is 24.9 Å². The maximum atomic E-state index is 13.2. The lowest BCUT2D eigenvalue weighted by atomic mass is 10.2. The molecule has 0 saturated heterocycles. The van der Waals surface area contributed by atoms with Crippen LogP contribution in [-0.2, 0) is 24.4 Å². The number of ether oxygens (including phenoxy) is 1. The molecule has 0 fully saturated rings. The van der Waals surface area contributed by atoms with Crippen LogP contribution in [0.5, 0.6) is 5.75 Å². The van der Waals surface area contributed by atoms with E-state index >= 15 is 0 Å². The van der Waals surface area contributed by atoms with E-state index in [1.165, 1.54) is 12.1 Å². The number of carbonyl (C=O) groups is 1. The fraction of sp³-hybridized carbons (Fsp3) is 0.154. The van der Waals surface area contributed by atoms with Gasteiger partial charge in [0.25, 0.3) is 5.56 Å². The third-order valence-electron chi connectivity index (χ3n) is 5.11. The van der Waals surface area contributed by atoms with Crippen LogP contribution in [0.1, 0.15) is 23.2 Å². The zero-order valence-corrected chi connectivity index (χ0v) is 18.3. The zero-order valence-electron chi connectivity index (χ0n) is 18.3. The number of nitrogens with zero attached hydrogens (tertiary/aromatic N) is 2. The van der Waals surface area contributed by atoms with Crippen LogP contribution in [0, 0.1) is 5.82 Å². The van der Waals surface area contributed by atoms with E-state index in [4.69, 9.17) is 4.74 Å². The van der Waals surface area contributed by atoms with Crippen molar-refractivity contribution in [3.8, 4) is 17.1 Å². The Morgan fingerprint density at radius 3 is 2.44 bits per heavy atom. The summed E-state index contributed by atoms with van der Waals surface area (Å²) in [6.45, 7) is 0.671. The number of aromatic nitrogens is 3. The molecule has 4 aromatic rings. The Kier molecular flexibility index (Phi) is 7.39. The number of hydrogen-bond acceptors (Lipinski definition) is 5. The first-order chi connectivity index (χ1) is 16.6. The van der Waals surface area contributed by atoms with Crippen LogP contribution in [0.25, 0.3) is 11.4 Å². The number of aryl methyl sites for hydroxylation is 1. The molecule has 0 unspecified atom stereocenters. The number of aromatic amines is 1. The molecule has 4 rings (SSSR count). The normalized spacial score (nSPS) is 10.6. The van der Waals surface area contributed by atoms with Crippen molar-refractivity contribution in [3.63, 3.8) is 0 Å². The molecule has 0 bridgehead atoms. The molecular weight excluding hydrogens is 435 g/mol. The summed E-state index contributed by atoms with van der Waals surface area (Å²) in [5, 5.41) is 10.8. The summed E-state index contributed by atoms with van der Waals surface area (Å²) in [7, 11) is 0. The number of nitrogens with one attached hydrogen (secondary N) is 2. The highest BCUT2D eigenvalue weighted by atomic mass is 19.1. The average molecular weight is 458 g/mol. The summed E-state index contributed by atoms with van der Waals surface area (Å²) in [5.74, 6) is 0.409. The lowest BCUT2D eigenvalue weighted by molar-refractivity contribution is -0.121. The first-order valence-corrected chi connectivity index (χ1v) is 10.8. The Balaban J connectivity index is 1.30. The van der Waals surface area contributed by atoms with E-state index in [1.54, 1.807) is 36.4 Å². The van der Waals surface area contributed by atoms with Crippen molar-refractivity contribution in [1.82, 2.24) is 20.5 Å². The molecule has 0 saturated carbocycles. The van der Waals surface area contributed by atoms with Crippen molar-refractivity contribution in [2.24, 2.45) is 0 Å². The largest absolute Gasteiger partial charge is 0.489 e. The number of halogens is 1. The van der Waals surface area contributed by atoms with Crippen LogP contribution in [0.15, 0.2) is 83.7 Å². The van der Waals surface area contributed by atoms with E-state index in [-0.39, 0.29) is 36.8 Å². The highest BCUT2D eigenvalue weighted by molar-refractivity contribution is 5.76. The molecule has 7 nitrogen and oxygen atoms in total. The molecule has 0 atom stereocenters. The van der Waals surface area contributed by atoms with Gasteiger partial charge in [-0.1, -0.05) is 42.5 Å². The average Bonchev–Trinajstić information content (AvgIpc) is 2.86. The minimum Gasteiger partial charge on any atom is -0.489 e. The van der Waals surface area contributed by atoms with E-state index in [1.807, 2.05) is 30.3 Å². The van der Waals surface area contributed by atoms with Gasteiger partial charge in [0.1, 0.15) is 23.9 Å². The third-order valence-corrected chi connectivity index (χ3v) is 5.11. The molecule has 0 radical (unpaired) electrons. The van der Waals surface area contributed by atoms with Crippen molar-refractivity contribution >= 4 is 5.91 Å². The molecule has 34 heavy (non-hydrogen) atoms. The number of rotatable bonds is 9. The molecule has 172 valence electrons. The van der Waals surface area contributed by atoms with Crippen molar-refractivity contribution in [2.75, 3.05) is 0 Å². The highest BCUT2D eigenvalue weighted by Crippen LogP contribution is 2.19. The second-order valence-electron chi connectivity index (χ2n) is 7.65. The fourth-order valence-corrected chi connectivity index (χ4v) is 3.27. The third kappa shape index (κ3) is 6.35. The Labute approximate surface area is 195 Å². The van der Waals surface area contributed by atoms with E-state index < -0.39 is 5.56 Å². The van der Waals surface area contributed by atoms with Crippen LogP contribution in [0.2, 0.25) is 0 Å². The molecule has 3 aromatic carbocycles. The minimum absolute atomic E-state index is 0.0693. The van der Waals surface area contributed by atoms with Gasteiger partial charge in [-0.25, -0.2) is 4.39 Å². The van der Waals surface area contributed by atoms with E-state index in [0.29, 0.717) is 29.3 Å². The summed E-state index contributed by atoms with van der Waals surface area (Å²) >= 11 is 0. The van der Waals surface area contributed by atoms with Crippen LogP contribution in [0.3, 0.4) is 0 Å². The predicted molar refractivity (Wildman–Crippen MR) is 125 cm³/mol. The van der Waals surface area contributed by atoms with Gasteiger partial charge < -0.3 is 15.0 Å². The highest BCUT2D eigenvalue weighted by Gasteiger charge is 2.10. The van der Waals surface area contributed by atoms with Crippen molar-refractivity contribution in [3.05, 3.63) is 112 Å². The standard InChI is InChI=1S/C26H23FN4O3/c27-21-8-4-7-19(15-21)16-28-24(32)14-13-23-26(33)29-25(31-30-23)20-9-11-22(12-10-20)34-17-18-5-2-1-3-6-18/h1-12,15H,13-14,16-17H2,(H,28,32)(H,29,31,33). The molecule has 1 aromatic heterocycles. The maximum Gasteiger partial charge on any atom is 0.273 e. The quantitative estimate of drug-likeness (QED) is 0.398. The SMILES string of the molecule is O=C(CCc1nnc(-c2ccc(OCc3ccccc3)cc2)[nH]c1=O)NCc1cccc(F)c1. The fourth-order valence-electron chi connectivity index (χ4n) is 3.27. The van der Waals surface area contributed by atoms with Gasteiger partial charge in [0.15, 0.2) is 5.82 Å². The second kappa shape index (κ2) is 11.0. The van der Waals surface area contributed by atoms with Gasteiger partial charge in [-0.05, 0) is 47.5 Å². The summed E-state index contributed by atoms with van der Waals surface area (Å²) < 4.78 is 19.0. The summed E-state index contributed by atoms with van der Waals surface area (Å²) in [6, 6.07) is 23.0. The van der Waals surface area contributed by atoms with E-state index in [2.05, 4.69) is 20.5 Å². The van der Waals surface area contributed by atoms with Crippen LogP contribution in [0.4, 0.5) is 4.39 Å². The van der Waals surface area contributed by atoms with Gasteiger partial charge in [0.05, 0.1) is 0 Å². The lowest BCUT2D eigenvalue weighted by Gasteiger charge is -2.07. The van der Waals surface area contributed by atoms with Gasteiger partial charge in [-0.3, -0.25) is 9.59 Å². The first-order valence-electron chi connectivity index (χ1n) is 10.8. The Hall–Kier alpha value is -4.33. The van der Waals surface area contributed by atoms with Crippen molar-refractivity contribution in [2.45, 2.75) is 26.0 Å². The van der Waals surface area contributed by atoms with Gasteiger partial charge in [-0.15, -0.1) is 10.2 Å². The molecule has 0 spiro atoms. The lowest BCUT2D eigenvalue weighted by Crippen LogP contribution is -2.25. The molecule has 8 heteroatoms. The number of carbonyl (C=O) groups excluding carboxylic acids is 1. The van der Waals surface area contributed by atoms with Gasteiger partial charge >= 0.3 is 0 Å². The topological polar surface area (TPSA) is 97.0 Å². The van der Waals surface area contributed by atoms with Crippen LogP contribution < -0.4 is 15.6 Å².